The number of carboxylic acid groups (broad SMARTS) is 1. The van der Waals surface area contributed by atoms with Gasteiger partial charge < -0.3 is 25.7 Å². The van der Waals surface area contributed by atoms with Crippen LogP contribution < -0.4 is 20.6 Å². The number of fused-ring (bicyclic) bond motifs is 8. The molecule has 2 amide bonds. The first-order chi connectivity index (χ1) is 24.9. The number of hydrogen-bond donors (Lipinski definition) is 3. The van der Waals surface area contributed by atoms with Gasteiger partial charge in [-0.3, -0.25) is 14.6 Å². The van der Waals surface area contributed by atoms with E-state index in [1.807, 2.05) is 52.0 Å². The van der Waals surface area contributed by atoms with E-state index in [2.05, 4.69) is 31.1 Å². The molecule has 0 spiro atoms. The van der Waals surface area contributed by atoms with Crippen LogP contribution in [0.5, 0.6) is 0 Å². The second-order valence-corrected chi connectivity index (χ2v) is 13.6. The number of aromatic carboxylic acids is 1. The minimum Gasteiger partial charge on any atom is -0.657 e. The molecule has 283 valence electrons. The molecule has 2 aliphatic heterocycles. The van der Waals surface area contributed by atoms with Gasteiger partial charge in [-0.15, -0.1) is 22.1 Å². The smallest absolute Gasteiger partial charge is 0.657 e. The first kappa shape index (κ1) is 41.0. The molecule has 11 heteroatoms. The molecule has 0 saturated heterocycles. The van der Waals surface area contributed by atoms with E-state index in [4.69, 9.17) is 19.9 Å². The van der Waals surface area contributed by atoms with Crippen LogP contribution >= 0.6 is 0 Å². The van der Waals surface area contributed by atoms with Gasteiger partial charge in [0.2, 0.25) is 11.8 Å². The Bertz CT molecular complexity index is 2160. The maximum Gasteiger partial charge on any atom is 2.00 e. The Labute approximate surface area is 322 Å². The number of aromatic nitrogens is 4. The third-order valence-corrected chi connectivity index (χ3v) is 10.1. The van der Waals surface area contributed by atoms with Gasteiger partial charge in [0, 0.05) is 36.7 Å². The zero-order valence-corrected chi connectivity index (χ0v) is 32.7. The van der Waals surface area contributed by atoms with Gasteiger partial charge in [0.1, 0.15) is 0 Å². The monoisotopic (exact) mass is 765 g/mol. The maximum absolute atomic E-state index is 13.6. The fourth-order valence-electron chi connectivity index (χ4n) is 6.95. The van der Waals surface area contributed by atoms with Crippen LogP contribution in [0.1, 0.15) is 134 Å². The Hall–Kier alpha value is -4.73. The van der Waals surface area contributed by atoms with Crippen LogP contribution in [0.4, 0.5) is 0 Å². The number of allylic oxidation sites excluding steroid dienone is 3. The van der Waals surface area contributed by atoms with E-state index in [-0.39, 0.29) is 58.7 Å². The number of aryl methyl sites for hydroxylation is 2. The predicted octanol–water partition coefficient (Wildman–Crippen LogP) is 7.82. The number of carbonyl (C=O) groups is 3. The van der Waals surface area contributed by atoms with E-state index in [1.165, 1.54) is 0 Å². The SMILES string of the molecule is C=Cc1c(C)c2cc3nc(c(CC(=O)NCCCC)c4[n-]c(cc5nc(cc1[n-]2)C(C)=C5CC)c(C)c4C(=O)O)/C(=C/CC(=O)NCCCC)[C@@H]3C.[Cu+2]. The van der Waals surface area contributed by atoms with E-state index in [0.29, 0.717) is 53.2 Å². The fourth-order valence-corrected chi connectivity index (χ4v) is 6.95. The average molecular weight is 766 g/mol. The van der Waals surface area contributed by atoms with Crippen molar-refractivity contribution in [2.24, 2.45) is 0 Å². The summed E-state index contributed by atoms with van der Waals surface area (Å²) in [5.41, 5.74) is 10.2. The van der Waals surface area contributed by atoms with E-state index in [0.717, 1.165) is 70.3 Å². The molecule has 5 heterocycles. The maximum atomic E-state index is 13.6. The molecule has 0 aromatic carbocycles. The first-order valence-electron chi connectivity index (χ1n) is 18.4. The summed E-state index contributed by atoms with van der Waals surface area (Å²) in [6, 6.07) is 5.75. The molecule has 0 unspecified atom stereocenters. The van der Waals surface area contributed by atoms with E-state index in [9.17, 15) is 19.5 Å². The molecular weight excluding hydrogens is 716 g/mol. The molecule has 3 N–H and O–H groups in total. The van der Waals surface area contributed by atoms with Crippen molar-refractivity contribution in [3.63, 3.8) is 0 Å². The fraction of sp³-hybridized carbons (Fsp3) is 0.405. The molecule has 0 saturated carbocycles. The molecule has 5 rings (SSSR count). The average Bonchev–Trinajstić information content (AvgIpc) is 3.79. The van der Waals surface area contributed by atoms with Crippen LogP contribution in [0, 0.1) is 13.8 Å². The molecular formula is C42H50CuN6O4. The van der Waals surface area contributed by atoms with Crippen LogP contribution in [0.25, 0.3) is 44.9 Å². The number of rotatable bonds is 13. The summed E-state index contributed by atoms with van der Waals surface area (Å²) < 4.78 is 0. The Morgan fingerprint density at radius 3 is 2.15 bits per heavy atom. The summed E-state index contributed by atoms with van der Waals surface area (Å²) >= 11 is 0. The summed E-state index contributed by atoms with van der Waals surface area (Å²) in [6.45, 7) is 19.1. The topological polar surface area (TPSA) is 149 Å². The number of nitrogens with zero attached hydrogens (tertiary/aromatic N) is 4. The van der Waals surface area contributed by atoms with E-state index in [1.54, 1.807) is 13.0 Å². The zero-order chi connectivity index (χ0) is 37.7. The van der Waals surface area contributed by atoms with Crippen molar-refractivity contribution in [3.8, 4) is 0 Å². The zero-order valence-electron chi connectivity index (χ0n) is 31.8. The Morgan fingerprint density at radius 2 is 1.53 bits per heavy atom. The number of carbonyl (C=O) groups excluding carboxylic acids is 2. The van der Waals surface area contributed by atoms with Crippen LogP contribution in [0.15, 0.2) is 30.9 Å². The third-order valence-electron chi connectivity index (χ3n) is 10.1. The molecule has 0 aliphatic carbocycles. The molecule has 1 atom stereocenters. The number of unbranched alkanes of at least 4 members (excludes halogenated alkanes) is 2. The number of hydrogen-bond acceptors (Lipinski definition) is 5. The van der Waals surface area contributed by atoms with Crippen molar-refractivity contribution in [2.45, 2.75) is 99.3 Å². The molecule has 10 nitrogen and oxygen atoms in total. The second kappa shape index (κ2) is 17.9. The Balaban J connectivity index is 0.00000627. The summed E-state index contributed by atoms with van der Waals surface area (Å²) in [7, 11) is 0. The molecule has 3 aromatic rings. The van der Waals surface area contributed by atoms with Crippen molar-refractivity contribution in [1.82, 2.24) is 30.6 Å². The van der Waals surface area contributed by atoms with Gasteiger partial charge in [-0.05, 0) is 67.9 Å². The van der Waals surface area contributed by atoms with Gasteiger partial charge in [-0.1, -0.05) is 88.6 Å². The van der Waals surface area contributed by atoms with Gasteiger partial charge >= 0.3 is 23.0 Å². The standard InChI is InChI=1S/C42H52N6O4.Cu/c1-9-13-17-43-37(49)16-15-29-25(7)33-20-31-23(5)27(11-3)35(45-31)21-32-24(6)28(12-4)36(46-32)22-34-26(8)39(42(51)52)41(48-34)30(40(29)47-33)19-38(50)44-18-14-10-2;/h11,15,20-22,25H,3,9-10,12-14,16-19H2,1-2,4-8H3,(H5,43,44,45,46,47,48,49,50,51,52);/q;+2/p-2/b29-15+;/t25-;/m0./s1. The molecule has 8 bridgehead atoms. The van der Waals surface area contributed by atoms with Crippen LogP contribution in [0.3, 0.4) is 0 Å². The number of nitrogens with one attached hydrogen (secondary N) is 2. The molecule has 1 radical (unpaired) electrons. The van der Waals surface area contributed by atoms with Gasteiger partial charge in [0.15, 0.2) is 0 Å². The normalized spacial score (nSPS) is 14.6. The molecule has 0 fully saturated rings. The van der Waals surface area contributed by atoms with Crippen molar-refractivity contribution >= 4 is 62.6 Å². The minimum absolute atomic E-state index is 0. The van der Waals surface area contributed by atoms with E-state index < -0.39 is 5.97 Å². The van der Waals surface area contributed by atoms with Crippen LogP contribution in [-0.2, 0) is 33.1 Å². The van der Waals surface area contributed by atoms with E-state index >= 15 is 0 Å². The van der Waals surface area contributed by atoms with Crippen molar-refractivity contribution in [1.29, 1.82) is 0 Å². The predicted molar refractivity (Wildman–Crippen MR) is 209 cm³/mol. The summed E-state index contributed by atoms with van der Waals surface area (Å²) in [6.07, 6.45) is 7.87. The largest absolute Gasteiger partial charge is 2.00 e. The molecule has 2 aliphatic rings. The summed E-state index contributed by atoms with van der Waals surface area (Å²) in [4.78, 5) is 59.8. The Kier molecular flexibility index (Phi) is 13.8. The van der Waals surface area contributed by atoms with Crippen molar-refractivity contribution < 1.29 is 36.6 Å². The minimum atomic E-state index is -1.15. The van der Waals surface area contributed by atoms with Crippen molar-refractivity contribution in [3.05, 3.63) is 81.4 Å². The summed E-state index contributed by atoms with van der Waals surface area (Å²) in [5, 5.41) is 16.6. The quantitative estimate of drug-likeness (QED) is 0.118. The first-order valence-corrected chi connectivity index (χ1v) is 18.4. The number of carboxylic acids is 1. The van der Waals surface area contributed by atoms with Gasteiger partial charge in [-0.2, -0.15) is 0 Å². The molecule has 53 heavy (non-hydrogen) atoms. The van der Waals surface area contributed by atoms with Gasteiger partial charge in [-0.25, -0.2) is 9.78 Å². The van der Waals surface area contributed by atoms with Crippen molar-refractivity contribution in [2.75, 3.05) is 13.1 Å². The molecule has 3 aromatic heterocycles. The van der Waals surface area contributed by atoms with Gasteiger partial charge in [0.25, 0.3) is 0 Å². The second-order valence-electron chi connectivity index (χ2n) is 13.6. The Morgan fingerprint density at radius 1 is 0.887 bits per heavy atom. The summed E-state index contributed by atoms with van der Waals surface area (Å²) in [5.74, 6) is -1.84. The van der Waals surface area contributed by atoms with Gasteiger partial charge in [0.05, 0.1) is 23.5 Å². The third kappa shape index (κ3) is 8.58. The number of amides is 2. The van der Waals surface area contributed by atoms with Crippen LogP contribution in [0.2, 0.25) is 0 Å². The van der Waals surface area contributed by atoms with Crippen LogP contribution in [-0.4, -0.2) is 45.9 Å².